The van der Waals surface area contributed by atoms with Gasteiger partial charge in [-0.05, 0) is 72.4 Å². The van der Waals surface area contributed by atoms with E-state index >= 15 is 0 Å². The number of nitrogens with zero attached hydrogens (tertiary/aromatic N) is 3. The molecule has 9 heteroatoms. The van der Waals surface area contributed by atoms with Crippen LogP contribution >= 0.6 is 0 Å². The Kier molecular flexibility index (Phi) is 10.6. The molecule has 2 atom stereocenters. The highest BCUT2D eigenvalue weighted by Gasteiger charge is 2.24. The van der Waals surface area contributed by atoms with Crippen LogP contribution in [0.2, 0.25) is 0 Å². The summed E-state index contributed by atoms with van der Waals surface area (Å²) in [5, 5.41) is 11.7. The second-order valence-electron chi connectivity index (χ2n) is 11.4. The van der Waals surface area contributed by atoms with E-state index < -0.39 is 6.04 Å². The van der Waals surface area contributed by atoms with Gasteiger partial charge >= 0.3 is 0 Å². The van der Waals surface area contributed by atoms with Crippen LogP contribution < -0.4 is 20.9 Å². The van der Waals surface area contributed by atoms with Crippen LogP contribution in [0.3, 0.4) is 0 Å². The van der Waals surface area contributed by atoms with Crippen LogP contribution in [0.5, 0.6) is 0 Å². The number of hydrogen-bond donors (Lipinski definition) is 4. The van der Waals surface area contributed by atoms with E-state index in [2.05, 4.69) is 54.0 Å². The normalized spacial score (nSPS) is 12.4. The fourth-order valence-corrected chi connectivity index (χ4v) is 5.54. The summed E-state index contributed by atoms with van der Waals surface area (Å²) in [5.74, 6) is 1.29. The maximum Gasteiger partial charge on any atom is 0.251 e. The van der Waals surface area contributed by atoms with Crippen LogP contribution in [0.4, 0.5) is 5.82 Å². The summed E-state index contributed by atoms with van der Waals surface area (Å²) in [5.41, 5.74) is 3.68. The van der Waals surface area contributed by atoms with Gasteiger partial charge in [0.1, 0.15) is 17.7 Å². The van der Waals surface area contributed by atoms with Crippen molar-refractivity contribution in [2.45, 2.75) is 51.9 Å². The van der Waals surface area contributed by atoms with Gasteiger partial charge < -0.3 is 25.8 Å². The molecule has 0 aliphatic rings. The number of carbonyl (C=O) groups is 2. The van der Waals surface area contributed by atoms with Gasteiger partial charge in [0.05, 0.1) is 12.6 Å². The predicted octanol–water partition coefficient (Wildman–Crippen LogP) is 5.45. The second-order valence-corrected chi connectivity index (χ2v) is 11.4. The monoisotopic (exact) mass is 603 g/mol. The molecule has 0 aliphatic carbocycles. The number of aromatic nitrogens is 3. The lowest BCUT2D eigenvalue weighted by Crippen LogP contribution is -2.47. The van der Waals surface area contributed by atoms with Crippen molar-refractivity contribution < 1.29 is 9.59 Å². The van der Waals surface area contributed by atoms with Crippen molar-refractivity contribution in [3.63, 3.8) is 0 Å². The number of nitrogens with one attached hydrogen (secondary N) is 4. The summed E-state index contributed by atoms with van der Waals surface area (Å²) in [4.78, 5) is 41.0. The lowest BCUT2D eigenvalue weighted by atomic mass is 9.99. The molecule has 9 nitrogen and oxygen atoms in total. The van der Waals surface area contributed by atoms with Crippen LogP contribution in [0.15, 0.2) is 97.5 Å². The fraction of sp³-hybridized carbons (Fsp3) is 0.278. The Morgan fingerprint density at radius 1 is 0.889 bits per heavy atom. The lowest BCUT2D eigenvalue weighted by molar-refractivity contribution is -0.123. The molecule has 0 saturated heterocycles. The predicted molar refractivity (Wildman–Crippen MR) is 179 cm³/mol. The van der Waals surface area contributed by atoms with Gasteiger partial charge in [0.25, 0.3) is 5.91 Å². The highest BCUT2D eigenvalue weighted by molar-refractivity contribution is 5.97. The first-order chi connectivity index (χ1) is 21.9. The first-order valence-corrected chi connectivity index (χ1v) is 15.4. The molecule has 3 aromatic carbocycles. The van der Waals surface area contributed by atoms with Crippen molar-refractivity contribution in [3.05, 3.63) is 126 Å². The Bertz CT molecular complexity index is 1700. The van der Waals surface area contributed by atoms with Crippen molar-refractivity contribution >= 4 is 28.4 Å². The molecule has 0 radical (unpaired) electrons. The SMILES string of the molecule is Cc1cccnc1N(C)CCC[C@H](NC(=O)c1ccc(CNCc2ncc[nH]2)cc1)C(=O)NC(C)c1cccc2ccccc12. The molecule has 232 valence electrons. The number of amides is 2. The van der Waals surface area contributed by atoms with E-state index in [0.717, 1.165) is 39.1 Å². The number of aryl methyl sites for hydroxylation is 1. The van der Waals surface area contributed by atoms with E-state index in [1.807, 2.05) is 69.4 Å². The Morgan fingerprint density at radius 3 is 2.47 bits per heavy atom. The molecule has 2 aromatic heterocycles. The molecule has 2 amide bonds. The number of H-pyrrole nitrogens is 1. The summed E-state index contributed by atoms with van der Waals surface area (Å²) >= 11 is 0. The summed E-state index contributed by atoms with van der Waals surface area (Å²) in [6, 6.07) is 24.7. The molecule has 0 spiro atoms. The Morgan fingerprint density at radius 2 is 1.69 bits per heavy atom. The zero-order valence-corrected chi connectivity index (χ0v) is 26.1. The molecular formula is C36H41N7O2. The van der Waals surface area contributed by atoms with Crippen molar-refractivity contribution in [2.24, 2.45) is 0 Å². The first-order valence-electron chi connectivity index (χ1n) is 15.4. The number of benzene rings is 3. The van der Waals surface area contributed by atoms with E-state index in [1.165, 1.54) is 0 Å². The van der Waals surface area contributed by atoms with Crippen molar-refractivity contribution in [2.75, 3.05) is 18.5 Å². The molecular weight excluding hydrogens is 562 g/mol. The van der Waals surface area contributed by atoms with Gasteiger partial charge in [0.2, 0.25) is 5.91 Å². The maximum atomic E-state index is 13.7. The summed E-state index contributed by atoms with van der Waals surface area (Å²) in [6.07, 6.45) is 6.47. The van der Waals surface area contributed by atoms with Crippen LogP contribution in [-0.2, 0) is 17.9 Å². The van der Waals surface area contributed by atoms with Gasteiger partial charge in [0, 0.05) is 44.3 Å². The standard InChI is InChI=1S/C36H41N7O2/c1-25-9-7-19-40-34(25)43(3)22-8-14-32(36(45)41-26(2)30-13-6-11-28-10-4-5-12-31(28)30)42-35(44)29-17-15-27(16-18-29)23-37-24-33-38-20-21-39-33/h4-7,9-13,15-21,26,32,37H,8,14,22-24H2,1-3H3,(H,38,39)(H,41,45)(H,42,44)/t26?,32-/m0/s1. The van der Waals surface area contributed by atoms with Crippen molar-refractivity contribution in [1.82, 2.24) is 30.9 Å². The van der Waals surface area contributed by atoms with E-state index in [1.54, 1.807) is 30.7 Å². The van der Waals surface area contributed by atoms with Gasteiger partial charge in [-0.2, -0.15) is 0 Å². The van der Waals surface area contributed by atoms with Gasteiger partial charge in [0.15, 0.2) is 0 Å². The van der Waals surface area contributed by atoms with Crippen LogP contribution in [-0.4, -0.2) is 46.4 Å². The zero-order valence-electron chi connectivity index (χ0n) is 26.1. The number of rotatable bonds is 14. The number of pyridine rings is 1. The minimum atomic E-state index is -0.706. The third-order valence-corrected chi connectivity index (χ3v) is 7.99. The van der Waals surface area contributed by atoms with Crippen molar-refractivity contribution in [3.8, 4) is 0 Å². The third-order valence-electron chi connectivity index (χ3n) is 7.99. The zero-order chi connectivity index (χ0) is 31.6. The largest absolute Gasteiger partial charge is 0.359 e. The average molecular weight is 604 g/mol. The van der Waals surface area contributed by atoms with E-state index in [9.17, 15) is 9.59 Å². The Labute approximate surface area is 264 Å². The molecule has 5 rings (SSSR count). The number of imidazole rings is 1. The average Bonchev–Trinajstić information content (AvgIpc) is 3.58. The lowest BCUT2D eigenvalue weighted by Gasteiger charge is -2.24. The molecule has 0 bridgehead atoms. The topological polar surface area (TPSA) is 115 Å². The number of aromatic amines is 1. The Balaban J connectivity index is 1.25. The van der Waals surface area contributed by atoms with Crippen LogP contribution in [0.1, 0.15) is 58.7 Å². The van der Waals surface area contributed by atoms with Gasteiger partial charge in [-0.3, -0.25) is 9.59 Å². The number of fused-ring (bicyclic) bond motifs is 1. The summed E-state index contributed by atoms with van der Waals surface area (Å²) < 4.78 is 0. The molecule has 0 saturated carbocycles. The van der Waals surface area contributed by atoms with Gasteiger partial charge in [-0.25, -0.2) is 9.97 Å². The molecule has 2 heterocycles. The number of hydrogen-bond acceptors (Lipinski definition) is 6. The Hall–Kier alpha value is -5.02. The van der Waals surface area contributed by atoms with Gasteiger partial charge in [-0.1, -0.05) is 60.7 Å². The second kappa shape index (κ2) is 15.1. The fourth-order valence-electron chi connectivity index (χ4n) is 5.54. The summed E-state index contributed by atoms with van der Waals surface area (Å²) in [7, 11) is 2.00. The quantitative estimate of drug-likeness (QED) is 0.134. The molecule has 5 aromatic rings. The minimum Gasteiger partial charge on any atom is -0.359 e. The van der Waals surface area contributed by atoms with Crippen LogP contribution in [0.25, 0.3) is 10.8 Å². The van der Waals surface area contributed by atoms with Crippen LogP contribution in [0, 0.1) is 6.92 Å². The molecule has 0 aliphatic heterocycles. The first kappa shape index (κ1) is 31.4. The molecule has 0 fully saturated rings. The summed E-state index contributed by atoms with van der Waals surface area (Å²) in [6.45, 7) is 5.97. The minimum absolute atomic E-state index is 0.209. The number of carbonyl (C=O) groups excluding carboxylic acids is 2. The molecule has 45 heavy (non-hydrogen) atoms. The molecule has 1 unspecified atom stereocenters. The van der Waals surface area contributed by atoms with E-state index in [4.69, 9.17) is 0 Å². The number of anilines is 1. The highest BCUT2D eigenvalue weighted by Crippen LogP contribution is 2.24. The molecule has 4 N–H and O–H groups in total. The maximum absolute atomic E-state index is 13.7. The smallest absolute Gasteiger partial charge is 0.251 e. The van der Waals surface area contributed by atoms with E-state index in [0.29, 0.717) is 38.0 Å². The highest BCUT2D eigenvalue weighted by atomic mass is 16.2. The van der Waals surface area contributed by atoms with Gasteiger partial charge in [-0.15, -0.1) is 0 Å². The third kappa shape index (κ3) is 8.33. The van der Waals surface area contributed by atoms with E-state index in [-0.39, 0.29) is 17.9 Å². The van der Waals surface area contributed by atoms with Crippen molar-refractivity contribution in [1.29, 1.82) is 0 Å².